The maximum atomic E-state index is 13.7. The van der Waals surface area contributed by atoms with Crippen LogP contribution in [0.5, 0.6) is 0 Å². The summed E-state index contributed by atoms with van der Waals surface area (Å²) in [5.74, 6) is -0.200. The highest BCUT2D eigenvalue weighted by Crippen LogP contribution is 2.43. The Balaban J connectivity index is 1.78. The summed E-state index contributed by atoms with van der Waals surface area (Å²) < 4.78 is 13.7. The Morgan fingerprint density at radius 3 is 1.74 bits per heavy atom. The topological polar surface area (TPSA) is 0 Å². The summed E-state index contributed by atoms with van der Waals surface area (Å²) in [5, 5.41) is 0. The molecular weight excluding hydrogens is 283 g/mol. The van der Waals surface area contributed by atoms with Crippen LogP contribution in [0, 0.1) is 5.82 Å². The number of halogens is 1. The van der Waals surface area contributed by atoms with E-state index >= 15 is 0 Å². The van der Waals surface area contributed by atoms with Crippen molar-refractivity contribution in [2.24, 2.45) is 0 Å². The van der Waals surface area contributed by atoms with Gasteiger partial charge in [0.25, 0.3) is 0 Å². The van der Waals surface area contributed by atoms with Gasteiger partial charge in [0.05, 0.1) is 0 Å². The van der Waals surface area contributed by atoms with Crippen molar-refractivity contribution in [3.63, 3.8) is 0 Å². The predicted octanol–water partition coefficient (Wildman–Crippen LogP) is 5.95. The van der Waals surface area contributed by atoms with Crippen LogP contribution in [-0.4, -0.2) is 0 Å². The summed E-state index contributed by atoms with van der Waals surface area (Å²) in [6.07, 6.45) is 5.80. The highest BCUT2D eigenvalue weighted by Gasteiger charge is 2.21. The van der Waals surface area contributed by atoms with E-state index in [4.69, 9.17) is 0 Å². The fourth-order valence-electron chi connectivity index (χ4n) is 3.09. The van der Waals surface area contributed by atoms with Crippen molar-refractivity contribution < 1.29 is 4.39 Å². The molecule has 0 saturated carbocycles. The second-order valence-corrected chi connectivity index (χ2v) is 5.55. The fourth-order valence-corrected chi connectivity index (χ4v) is 3.09. The molecule has 0 aliphatic heterocycles. The maximum Gasteiger partial charge on any atom is 0.130 e. The van der Waals surface area contributed by atoms with Crippen molar-refractivity contribution >= 4 is 11.6 Å². The van der Waals surface area contributed by atoms with Crippen LogP contribution < -0.4 is 0 Å². The van der Waals surface area contributed by atoms with Gasteiger partial charge in [-0.15, -0.1) is 0 Å². The van der Waals surface area contributed by atoms with Crippen molar-refractivity contribution in [1.29, 1.82) is 0 Å². The molecule has 4 rings (SSSR count). The van der Waals surface area contributed by atoms with E-state index in [1.54, 1.807) is 12.1 Å². The molecule has 0 amide bonds. The molecule has 1 heteroatoms. The van der Waals surface area contributed by atoms with Crippen molar-refractivity contribution in [3.05, 3.63) is 107 Å². The Bertz CT molecular complexity index is 884. The quantitative estimate of drug-likeness (QED) is 0.429. The van der Waals surface area contributed by atoms with E-state index in [9.17, 15) is 4.39 Å². The molecule has 3 aromatic carbocycles. The van der Waals surface area contributed by atoms with Crippen LogP contribution in [0.15, 0.2) is 84.9 Å². The summed E-state index contributed by atoms with van der Waals surface area (Å²) in [6.45, 7) is 0. The molecule has 3 aromatic rings. The van der Waals surface area contributed by atoms with E-state index in [1.807, 2.05) is 18.2 Å². The molecule has 23 heavy (non-hydrogen) atoms. The molecule has 110 valence electrons. The lowest BCUT2D eigenvalue weighted by Crippen LogP contribution is -1.81. The Hall–Kier alpha value is -2.93. The summed E-state index contributed by atoms with van der Waals surface area (Å²) in [5.41, 5.74) is 6.76. The van der Waals surface area contributed by atoms with Gasteiger partial charge in [-0.1, -0.05) is 85.0 Å². The minimum absolute atomic E-state index is 0.200. The van der Waals surface area contributed by atoms with Crippen molar-refractivity contribution in [1.82, 2.24) is 0 Å². The fraction of sp³-hybridized carbons (Fsp3) is 0. The molecule has 0 atom stereocenters. The van der Waals surface area contributed by atoms with E-state index in [2.05, 4.69) is 54.6 Å². The van der Waals surface area contributed by atoms with Gasteiger partial charge in [0, 0.05) is 5.56 Å². The minimum atomic E-state index is -0.200. The lowest BCUT2D eigenvalue weighted by molar-refractivity contribution is 0.625. The van der Waals surface area contributed by atoms with Crippen LogP contribution in [0.1, 0.15) is 16.7 Å². The second kappa shape index (κ2) is 5.69. The molecule has 0 N–H and O–H groups in total. The molecule has 0 nitrogen and oxygen atoms in total. The lowest BCUT2D eigenvalue weighted by Gasteiger charge is -2.00. The molecule has 0 spiro atoms. The molecule has 1 aliphatic carbocycles. The average molecular weight is 298 g/mol. The Morgan fingerprint density at radius 1 is 0.609 bits per heavy atom. The summed E-state index contributed by atoms with van der Waals surface area (Å²) in [4.78, 5) is 0. The van der Waals surface area contributed by atoms with Crippen molar-refractivity contribution in [2.45, 2.75) is 0 Å². The van der Waals surface area contributed by atoms with Gasteiger partial charge in [0.2, 0.25) is 0 Å². The number of fused-ring (bicyclic) bond motifs is 3. The monoisotopic (exact) mass is 298 g/mol. The molecule has 0 saturated heterocycles. The highest BCUT2D eigenvalue weighted by molar-refractivity contribution is 6.01. The third-order valence-electron chi connectivity index (χ3n) is 4.17. The zero-order chi connectivity index (χ0) is 15.6. The molecule has 0 radical (unpaired) electrons. The summed E-state index contributed by atoms with van der Waals surface area (Å²) >= 11 is 0. The van der Waals surface area contributed by atoms with Gasteiger partial charge in [0.1, 0.15) is 5.82 Å². The second-order valence-electron chi connectivity index (χ2n) is 5.55. The van der Waals surface area contributed by atoms with Crippen LogP contribution in [0.3, 0.4) is 0 Å². The number of hydrogen-bond donors (Lipinski definition) is 0. The third kappa shape index (κ3) is 2.40. The Morgan fingerprint density at radius 2 is 1.13 bits per heavy atom. The standard InChI is InChI=1S/C22H15F/c23-22-15-6-1-8-16(22)9-7-14-21-19-12-4-2-10-17(19)18-11-3-5-13-20(18)21/h1-15H/b9-7+. The van der Waals surface area contributed by atoms with Gasteiger partial charge in [-0.05, 0) is 33.9 Å². The summed E-state index contributed by atoms with van der Waals surface area (Å²) in [7, 11) is 0. The van der Waals surface area contributed by atoms with Crippen LogP contribution in [-0.2, 0) is 0 Å². The van der Waals surface area contributed by atoms with Gasteiger partial charge in [-0.3, -0.25) is 0 Å². The first-order valence-corrected chi connectivity index (χ1v) is 7.67. The van der Waals surface area contributed by atoms with E-state index in [0.29, 0.717) is 5.56 Å². The van der Waals surface area contributed by atoms with E-state index in [1.165, 1.54) is 33.9 Å². The smallest absolute Gasteiger partial charge is 0.130 e. The molecule has 1 aliphatic rings. The van der Waals surface area contributed by atoms with Crippen molar-refractivity contribution in [2.75, 3.05) is 0 Å². The first-order valence-electron chi connectivity index (χ1n) is 7.67. The SMILES string of the molecule is Fc1ccccc1/C=C/C=C1c2ccccc2-c2ccccc21. The molecule has 0 unspecified atom stereocenters. The maximum absolute atomic E-state index is 13.7. The van der Waals surface area contributed by atoms with Gasteiger partial charge >= 0.3 is 0 Å². The van der Waals surface area contributed by atoms with Crippen LogP contribution >= 0.6 is 0 Å². The van der Waals surface area contributed by atoms with E-state index in [-0.39, 0.29) is 5.82 Å². The first kappa shape index (κ1) is 13.7. The highest BCUT2D eigenvalue weighted by atomic mass is 19.1. The predicted molar refractivity (Wildman–Crippen MR) is 94.4 cm³/mol. The Kier molecular flexibility index (Phi) is 3.39. The third-order valence-corrected chi connectivity index (χ3v) is 4.17. The number of allylic oxidation sites excluding steroid dienone is 2. The Labute approximate surface area is 135 Å². The van der Waals surface area contributed by atoms with Gasteiger partial charge in [-0.25, -0.2) is 4.39 Å². The molecule has 0 heterocycles. The van der Waals surface area contributed by atoms with Crippen LogP contribution in [0.2, 0.25) is 0 Å². The molecule has 0 fully saturated rings. The average Bonchev–Trinajstić information content (AvgIpc) is 2.91. The number of rotatable bonds is 2. The first-order chi connectivity index (χ1) is 11.3. The summed E-state index contributed by atoms with van der Waals surface area (Å²) in [6, 6.07) is 23.6. The number of benzene rings is 3. The molecule has 0 bridgehead atoms. The van der Waals surface area contributed by atoms with Gasteiger partial charge in [-0.2, -0.15) is 0 Å². The van der Waals surface area contributed by atoms with Gasteiger partial charge < -0.3 is 0 Å². The number of hydrogen-bond acceptors (Lipinski definition) is 0. The van der Waals surface area contributed by atoms with E-state index < -0.39 is 0 Å². The zero-order valence-electron chi connectivity index (χ0n) is 12.5. The van der Waals surface area contributed by atoms with Crippen LogP contribution in [0.4, 0.5) is 4.39 Å². The molecular formula is C22H15F. The van der Waals surface area contributed by atoms with E-state index in [0.717, 1.165) is 0 Å². The van der Waals surface area contributed by atoms with Crippen LogP contribution in [0.25, 0.3) is 22.8 Å². The normalized spacial score (nSPS) is 12.3. The van der Waals surface area contributed by atoms with Crippen molar-refractivity contribution in [3.8, 4) is 11.1 Å². The lowest BCUT2D eigenvalue weighted by atomic mass is 10.0. The largest absolute Gasteiger partial charge is 0.206 e. The zero-order valence-corrected chi connectivity index (χ0v) is 12.5. The molecule has 0 aromatic heterocycles. The van der Waals surface area contributed by atoms with Gasteiger partial charge in [0.15, 0.2) is 0 Å². The minimum Gasteiger partial charge on any atom is -0.206 e.